The van der Waals surface area contributed by atoms with Gasteiger partial charge in [0.2, 0.25) is 0 Å². The van der Waals surface area contributed by atoms with E-state index in [2.05, 4.69) is 25.2 Å². The third-order valence-electron chi connectivity index (χ3n) is 4.17. The molecule has 1 saturated carbocycles. The monoisotopic (exact) mass is 294 g/mol. The zero-order valence-electron chi connectivity index (χ0n) is 12.1. The smallest absolute Gasteiger partial charge is 0.318 e. The average Bonchev–Trinajstić information content (AvgIpc) is 3.22. The highest BCUT2D eigenvalue weighted by molar-refractivity contribution is 7.12. The van der Waals surface area contributed by atoms with Crippen molar-refractivity contribution in [2.24, 2.45) is 5.92 Å². The van der Waals surface area contributed by atoms with Crippen LogP contribution in [0.2, 0.25) is 0 Å². The van der Waals surface area contributed by atoms with Crippen LogP contribution in [0.5, 0.6) is 0 Å². The second kappa shape index (κ2) is 5.74. The summed E-state index contributed by atoms with van der Waals surface area (Å²) in [7, 11) is 0. The molecule has 0 radical (unpaired) electrons. The van der Waals surface area contributed by atoms with E-state index in [0.717, 1.165) is 0 Å². The molecule has 2 aliphatic rings. The van der Waals surface area contributed by atoms with Crippen LogP contribution in [0.3, 0.4) is 0 Å². The summed E-state index contributed by atoms with van der Waals surface area (Å²) >= 11 is 1.79. The Morgan fingerprint density at radius 1 is 1.50 bits per heavy atom. The lowest BCUT2D eigenvalue weighted by Gasteiger charge is -2.35. The minimum absolute atomic E-state index is 0.0634. The molecule has 2 fully saturated rings. The largest absolute Gasteiger partial charge is 0.377 e. The molecule has 1 saturated heterocycles. The number of hydrogen-bond donors (Lipinski definition) is 1. The van der Waals surface area contributed by atoms with Crippen molar-refractivity contribution in [2.75, 3.05) is 19.8 Å². The molecule has 1 aliphatic heterocycles. The molecule has 2 heterocycles. The lowest BCUT2D eigenvalue weighted by molar-refractivity contribution is 0.00463. The van der Waals surface area contributed by atoms with Crippen molar-refractivity contribution < 1.29 is 9.53 Å². The summed E-state index contributed by atoms with van der Waals surface area (Å²) < 4.78 is 5.53. The van der Waals surface area contributed by atoms with Gasteiger partial charge in [0, 0.05) is 22.8 Å². The molecule has 1 atom stereocenters. The average molecular weight is 294 g/mol. The lowest BCUT2D eigenvalue weighted by Crippen LogP contribution is -2.53. The van der Waals surface area contributed by atoms with Gasteiger partial charge in [0.1, 0.15) is 0 Å². The summed E-state index contributed by atoms with van der Waals surface area (Å²) in [6, 6.07) is 2.51. The van der Waals surface area contributed by atoms with E-state index in [-0.39, 0.29) is 12.1 Å². The quantitative estimate of drug-likeness (QED) is 0.931. The number of hydrogen-bond acceptors (Lipinski definition) is 3. The fraction of sp³-hybridized carbons (Fsp3) is 0.667. The molecule has 1 aromatic rings. The lowest BCUT2D eigenvalue weighted by atomic mass is 10.1. The number of ether oxygens (including phenoxy) is 1. The van der Waals surface area contributed by atoms with Crippen molar-refractivity contribution in [1.82, 2.24) is 10.2 Å². The molecule has 2 amide bonds. The molecule has 4 nitrogen and oxygen atoms in total. The van der Waals surface area contributed by atoms with Crippen molar-refractivity contribution >= 4 is 17.4 Å². The van der Waals surface area contributed by atoms with Crippen LogP contribution in [0.25, 0.3) is 0 Å². The van der Waals surface area contributed by atoms with E-state index in [1.165, 1.54) is 28.2 Å². The fourth-order valence-corrected chi connectivity index (χ4v) is 3.82. The minimum Gasteiger partial charge on any atom is -0.377 e. The number of aryl methyl sites for hydroxylation is 2. The van der Waals surface area contributed by atoms with Crippen LogP contribution in [0.1, 0.15) is 28.2 Å². The van der Waals surface area contributed by atoms with Crippen molar-refractivity contribution in [3.8, 4) is 0 Å². The molecule has 5 heteroatoms. The molecule has 1 unspecified atom stereocenters. The van der Waals surface area contributed by atoms with Crippen LogP contribution in [-0.2, 0) is 11.3 Å². The molecule has 1 N–H and O–H groups in total. The Kier molecular flexibility index (Phi) is 3.98. The summed E-state index contributed by atoms with van der Waals surface area (Å²) in [5.41, 5.74) is 1.23. The van der Waals surface area contributed by atoms with E-state index in [1.54, 1.807) is 11.3 Å². The zero-order valence-corrected chi connectivity index (χ0v) is 13.0. The van der Waals surface area contributed by atoms with Gasteiger partial charge in [-0.1, -0.05) is 0 Å². The Labute approximate surface area is 124 Å². The maximum absolute atomic E-state index is 12.4. The van der Waals surface area contributed by atoms with E-state index >= 15 is 0 Å². The van der Waals surface area contributed by atoms with Gasteiger partial charge in [0.15, 0.2) is 0 Å². The molecular formula is C15H22N2O2S. The van der Waals surface area contributed by atoms with Gasteiger partial charge in [-0.15, -0.1) is 11.3 Å². The molecule has 20 heavy (non-hydrogen) atoms. The van der Waals surface area contributed by atoms with E-state index < -0.39 is 0 Å². The maximum Gasteiger partial charge on any atom is 0.318 e. The number of rotatable bonds is 3. The first-order valence-corrected chi connectivity index (χ1v) is 8.15. The van der Waals surface area contributed by atoms with Gasteiger partial charge in [-0.2, -0.15) is 0 Å². The molecule has 0 spiro atoms. The molecule has 0 bridgehead atoms. The molecule has 110 valence electrons. The van der Waals surface area contributed by atoms with Gasteiger partial charge in [0.25, 0.3) is 0 Å². The molecule has 0 aromatic carbocycles. The first-order chi connectivity index (χ1) is 9.65. The maximum atomic E-state index is 12.4. The van der Waals surface area contributed by atoms with Gasteiger partial charge in [0.05, 0.1) is 19.3 Å². The Bertz CT molecular complexity index is 496. The Balaban J connectivity index is 1.59. The highest BCUT2D eigenvalue weighted by Gasteiger charge is 2.39. The number of morpholine rings is 1. The standard InChI is InChI=1S/C15H22N2O2S/c1-10-7-13(11(2)20-10)8-16-15(18)17-5-6-19-9-14(17)12-3-4-12/h7,12,14H,3-6,8-9H2,1-2H3,(H,16,18). The van der Waals surface area contributed by atoms with Crippen molar-refractivity contribution in [2.45, 2.75) is 39.3 Å². The Morgan fingerprint density at radius 3 is 2.95 bits per heavy atom. The molecule has 1 aromatic heterocycles. The summed E-state index contributed by atoms with van der Waals surface area (Å²) in [6.07, 6.45) is 2.47. The van der Waals surface area contributed by atoms with Gasteiger partial charge in [-0.25, -0.2) is 4.79 Å². The Morgan fingerprint density at radius 2 is 2.30 bits per heavy atom. The normalized spacial score (nSPS) is 22.9. The van der Waals surface area contributed by atoms with Crippen LogP contribution < -0.4 is 5.32 Å². The van der Waals surface area contributed by atoms with Crippen molar-refractivity contribution in [3.63, 3.8) is 0 Å². The van der Waals surface area contributed by atoms with Gasteiger partial charge in [-0.3, -0.25) is 0 Å². The van der Waals surface area contributed by atoms with E-state index in [9.17, 15) is 4.79 Å². The van der Waals surface area contributed by atoms with Gasteiger partial charge >= 0.3 is 6.03 Å². The van der Waals surface area contributed by atoms with E-state index in [4.69, 9.17) is 4.74 Å². The minimum atomic E-state index is 0.0634. The predicted octanol–water partition coefficient (Wildman–Crippen LogP) is 2.69. The SMILES string of the molecule is Cc1cc(CNC(=O)N2CCOCC2C2CC2)c(C)s1. The van der Waals surface area contributed by atoms with E-state index in [1.807, 2.05) is 4.90 Å². The first kappa shape index (κ1) is 13.9. The van der Waals surface area contributed by atoms with Crippen LogP contribution in [0, 0.1) is 19.8 Å². The zero-order chi connectivity index (χ0) is 14.1. The van der Waals surface area contributed by atoms with Crippen molar-refractivity contribution in [1.29, 1.82) is 0 Å². The van der Waals surface area contributed by atoms with Crippen LogP contribution in [0.15, 0.2) is 6.07 Å². The third kappa shape index (κ3) is 2.99. The Hall–Kier alpha value is -1.07. The van der Waals surface area contributed by atoms with E-state index in [0.29, 0.717) is 32.2 Å². The van der Waals surface area contributed by atoms with Crippen LogP contribution in [-0.4, -0.2) is 36.7 Å². The highest BCUT2D eigenvalue weighted by Crippen LogP contribution is 2.36. The molecule has 1 aliphatic carbocycles. The number of nitrogens with one attached hydrogen (secondary N) is 1. The highest BCUT2D eigenvalue weighted by atomic mass is 32.1. The third-order valence-corrected chi connectivity index (χ3v) is 5.17. The number of carbonyl (C=O) groups is 1. The number of carbonyl (C=O) groups excluding carboxylic acids is 1. The summed E-state index contributed by atoms with van der Waals surface area (Å²) in [6.45, 7) is 6.93. The summed E-state index contributed by atoms with van der Waals surface area (Å²) in [5, 5.41) is 3.07. The number of nitrogens with zero attached hydrogens (tertiary/aromatic N) is 1. The van der Waals surface area contributed by atoms with Gasteiger partial charge in [-0.05, 0) is 44.2 Å². The predicted molar refractivity (Wildman–Crippen MR) is 80.1 cm³/mol. The second-order valence-electron chi connectivity index (χ2n) is 5.77. The van der Waals surface area contributed by atoms with Crippen molar-refractivity contribution in [3.05, 3.63) is 21.4 Å². The van der Waals surface area contributed by atoms with Gasteiger partial charge < -0.3 is 15.0 Å². The topological polar surface area (TPSA) is 41.6 Å². The fourth-order valence-electron chi connectivity index (χ4n) is 2.88. The summed E-state index contributed by atoms with van der Waals surface area (Å²) in [4.78, 5) is 17.0. The number of urea groups is 1. The van der Waals surface area contributed by atoms with Crippen LogP contribution >= 0.6 is 11.3 Å². The number of amides is 2. The van der Waals surface area contributed by atoms with Crippen LogP contribution in [0.4, 0.5) is 4.79 Å². The molecule has 3 rings (SSSR count). The summed E-state index contributed by atoms with van der Waals surface area (Å²) in [5.74, 6) is 0.658. The first-order valence-electron chi connectivity index (χ1n) is 7.33. The molecular weight excluding hydrogens is 272 g/mol. The number of thiophene rings is 1. The second-order valence-corrected chi connectivity index (χ2v) is 7.23.